The van der Waals surface area contributed by atoms with E-state index in [-0.39, 0.29) is 10.5 Å². The molecular formula is C20H25F3N4O2S. The van der Waals surface area contributed by atoms with E-state index in [0.717, 1.165) is 32.4 Å². The number of hydrogen-bond donors (Lipinski definition) is 2. The van der Waals surface area contributed by atoms with Crippen LogP contribution in [-0.2, 0) is 10.0 Å². The third kappa shape index (κ3) is 5.04. The molecule has 0 radical (unpaired) electrons. The van der Waals surface area contributed by atoms with Crippen molar-refractivity contribution in [2.45, 2.75) is 43.8 Å². The quantitative estimate of drug-likeness (QED) is 0.740. The third-order valence-electron chi connectivity index (χ3n) is 5.19. The smallest absolute Gasteiger partial charge is 0.354 e. The standard InChI is InChI=1S/C20H25F3N4O2S/c1-13-12-27(11-10-24-13)19-9-8-18(15(3)25-19)26-30(28,29)17-6-4-16(5-7-17)14(2)20(21,22)23/h4-9,13-14,24,26H,10-12H2,1-3H3/t13-,14-/m1/s1. The van der Waals surface area contributed by atoms with Crippen molar-refractivity contribution in [3.8, 4) is 0 Å². The van der Waals surface area contributed by atoms with Gasteiger partial charge in [0.25, 0.3) is 10.0 Å². The molecule has 2 atom stereocenters. The van der Waals surface area contributed by atoms with Crippen LogP contribution >= 0.6 is 0 Å². The molecule has 1 fully saturated rings. The monoisotopic (exact) mass is 442 g/mol. The molecule has 0 amide bonds. The lowest BCUT2D eigenvalue weighted by molar-refractivity contribution is -0.146. The lowest BCUT2D eigenvalue weighted by Crippen LogP contribution is -2.49. The van der Waals surface area contributed by atoms with Crippen molar-refractivity contribution in [3.05, 3.63) is 47.7 Å². The van der Waals surface area contributed by atoms with E-state index < -0.39 is 22.1 Å². The Kier molecular flexibility index (Phi) is 6.28. The normalized spacial score (nSPS) is 18.9. The Bertz CT molecular complexity index is 994. The molecule has 6 nitrogen and oxygen atoms in total. The zero-order valence-corrected chi connectivity index (χ0v) is 17.8. The number of piperazine rings is 1. The van der Waals surface area contributed by atoms with Crippen molar-refractivity contribution in [3.63, 3.8) is 0 Å². The van der Waals surface area contributed by atoms with Crippen molar-refractivity contribution < 1.29 is 21.6 Å². The Morgan fingerprint density at radius 2 is 1.87 bits per heavy atom. The Morgan fingerprint density at radius 1 is 1.20 bits per heavy atom. The summed E-state index contributed by atoms with van der Waals surface area (Å²) < 4.78 is 66.4. The largest absolute Gasteiger partial charge is 0.395 e. The highest BCUT2D eigenvalue weighted by Crippen LogP contribution is 2.34. The van der Waals surface area contributed by atoms with Gasteiger partial charge < -0.3 is 10.2 Å². The molecule has 164 valence electrons. The van der Waals surface area contributed by atoms with Crippen LogP contribution in [0.4, 0.5) is 24.7 Å². The number of nitrogens with one attached hydrogen (secondary N) is 2. The predicted molar refractivity (Wildman–Crippen MR) is 110 cm³/mol. The van der Waals surface area contributed by atoms with E-state index in [9.17, 15) is 21.6 Å². The molecule has 1 aromatic carbocycles. The van der Waals surface area contributed by atoms with Crippen LogP contribution in [0.3, 0.4) is 0 Å². The number of aryl methyl sites for hydroxylation is 1. The van der Waals surface area contributed by atoms with Gasteiger partial charge >= 0.3 is 6.18 Å². The molecule has 1 aliphatic heterocycles. The van der Waals surface area contributed by atoms with Gasteiger partial charge in [-0.1, -0.05) is 12.1 Å². The fourth-order valence-electron chi connectivity index (χ4n) is 3.30. The number of hydrogen-bond acceptors (Lipinski definition) is 5. The summed E-state index contributed by atoms with van der Waals surface area (Å²) >= 11 is 0. The maximum atomic E-state index is 12.8. The zero-order valence-electron chi connectivity index (χ0n) is 17.0. The van der Waals surface area contributed by atoms with Gasteiger partial charge in [0.2, 0.25) is 0 Å². The van der Waals surface area contributed by atoms with Gasteiger partial charge in [-0.2, -0.15) is 13.2 Å². The zero-order chi connectivity index (χ0) is 22.1. The fourth-order valence-corrected chi connectivity index (χ4v) is 4.42. The van der Waals surface area contributed by atoms with Crippen LogP contribution in [0.15, 0.2) is 41.3 Å². The molecule has 1 saturated heterocycles. The van der Waals surface area contributed by atoms with Gasteiger partial charge in [-0.3, -0.25) is 4.72 Å². The van der Waals surface area contributed by atoms with Crippen LogP contribution in [0.25, 0.3) is 0 Å². The molecule has 2 aromatic rings. The molecule has 2 heterocycles. The number of halogens is 3. The maximum Gasteiger partial charge on any atom is 0.395 e. The summed E-state index contributed by atoms with van der Waals surface area (Å²) in [5.41, 5.74) is 0.855. The SMILES string of the molecule is Cc1nc(N2CCN[C@H](C)C2)ccc1NS(=O)(=O)c1ccc([C@@H](C)C(F)(F)F)cc1. The van der Waals surface area contributed by atoms with Crippen LogP contribution in [0.5, 0.6) is 0 Å². The van der Waals surface area contributed by atoms with Crippen LogP contribution in [0, 0.1) is 6.92 Å². The van der Waals surface area contributed by atoms with E-state index in [2.05, 4.69) is 26.8 Å². The van der Waals surface area contributed by atoms with Gasteiger partial charge in [-0.15, -0.1) is 0 Å². The summed E-state index contributed by atoms with van der Waals surface area (Å²) in [5.74, 6) is -0.900. The molecular weight excluding hydrogens is 417 g/mol. The predicted octanol–water partition coefficient (Wildman–Crippen LogP) is 3.65. The summed E-state index contributed by atoms with van der Waals surface area (Å²) in [4.78, 5) is 6.54. The average molecular weight is 443 g/mol. The summed E-state index contributed by atoms with van der Waals surface area (Å²) in [6.07, 6.45) is -4.38. The maximum absolute atomic E-state index is 12.8. The van der Waals surface area contributed by atoms with Crippen LogP contribution in [0.1, 0.15) is 31.0 Å². The first-order chi connectivity index (χ1) is 14.0. The Balaban J connectivity index is 1.76. The number of benzene rings is 1. The van der Waals surface area contributed by atoms with Crippen molar-refractivity contribution in [1.82, 2.24) is 10.3 Å². The first-order valence-electron chi connectivity index (χ1n) is 9.63. The van der Waals surface area contributed by atoms with Crippen LogP contribution in [-0.4, -0.2) is 45.3 Å². The minimum Gasteiger partial charge on any atom is -0.354 e. The van der Waals surface area contributed by atoms with Crippen molar-refractivity contribution >= 4 is 21.5 Å². The molecule has 0 unspecified atom stereocenters. The molecule has 30 heavy (non-hydrogen) atoms. The van der Waals surface area contributed by atoms with Gasteiger partial charge in [-0.25, -0.2) is 13.4 Å². The van der Waals surface area contributed by atoms with Crippen molar-refractivity contribution in [1.29, 1.82) is 0 Å². The molecule has 10 heteroatoms. The minimum absolute atomic E-state index is 0.00824. The number of anilines is 2. The number of sulfonamides is 1. The topological polar surface area (TPSA) is 74.3 Å². The van der Waals surface area contributed by atoms with Gasteiger partial charge in [0.1, 0.15) is 5.82 Å². The molecule has 0 spiro atoms. The molecule has 0 bridgehead atoms. The Morgan fingerprint density at radius 3 is 2.43 bits per heavy atom. The molecule has 2 N–H and O–H groups in total. The van der Waals surface area contributed by atoms with E-state index in [0.29, 0.717) is 17.4 Å². The van der Waals surface area contributed by atoms with Crippen molar-refractivity contribution in [2.24, 2.45) is 0 Å². The van der Waals surface area contributed by atoms with E-state index in [1.54, 1.807) is 19.1 Å². The molecule has 0 saturated carbocycles. The number of pyridine rings is 1. The number of rotatable bonds is 5. The number of alkyl halides is 3. The number of nitrogens with zero attached hydrogens (tertiary/aromatic N) is 2. The lowest BCUT2D eigenvalue weighted by Gasteiger charge is -2.33. The van der Waals surface area contributed by atoms with Gasteiger partial charge in [0.05, 0.1) is 22.2 Å². The van der Waals surface area contributed by atoms with Gasteiger partial charge in [-0.05, 0) is 50.6 Å². The lowest BCUT2D eigenvalue weighted by atomic mass is 10.0. The minimum atomic E-state index is -4.38. The van der Waals surface area contributed by atoms with E-state index in [4.69, 9.17) is 0 Å². The second kappa shape index (κ2) is 8.43. The Hall–Kier alpha value is -2.33. The Labute approximate surface area is 174 Å². The van der Waals surface area contributed by atoms with E-state index >= 15 is 0 Å². The third-order valence-corrected chi connectivity index (χ3v) is 6.57. The van der Waals surface area contributed by atoms with E-state index in [1.807, 2.05) is 0 Å². The highest BCUT2D eigenvalue weighted by atomic mass is 32.2. The first-order valence-corrected chi connectivity index (χ1v) is 11.1. The second-order valence-corrected chi connectivity index (χ2v) is 9.22. The highest BCUT2D eigenvalue weighted by molar-refractivity contribution is 7.92. The summed E-state index contributed by atoms with van der Waals surface area (Å²) in [7, 11) is -3.96. The van der Waals surface area contributed by atoms with Crippen LogP contribution in [0.2, 0.25) is 0 Å². The summed E-state index contributed by atoms with van der Waals surface area (Å²) in [6.45, 7) is 7.30. The fraction of sp³-hybridized carbons (Fsp3) is 0.450. The van der Waals surface area contributed by atoms with Crippen LogP contribution < -0.4 is 14.9 Å². The number of aromatic nitrogens is 1. The highest BCUT2D eigenvalue weighted by Gasteiger charge is 2.37. The first kappa shape index (κ1) is 22.4. The van der Waals surface area contributed by atoms with Gasteiger partial charge in [0, 0.05) is 25.7 Å². The molecule has 1 aromatic heterocycles. The van der Waals surface area contributed by atoms with E-state index in [1.165, 1.54) is 24.3 Å². The summed E-state index contributed by atoms with van der Waals surface area (Å²) in [6, 6.07) is 8.48. The second-order valence-electron chi connectivity index (χ2n) is 7.54. The summed E-state index contributed by atoms with van der Waals surface area (Å²) in [5, 5.41) is 3.35. The van der Waals surface area contributed by atoms with Gasteiger partial charge in [0.15, 0.2) is 0 Å². The molecule has 0 aliphatic carbocycles. The van der Waals surface area contributed by atoms with Crippen molar-refractivity contribution in [2.75, 3.05) is 29.3 Å². The molecule has 3 rings (SSSR count). The average Bonchev–Trinajstić information content (AvgIpc) is 2.68. The molecule has 1 aliphatic rings.